The third-order valence-corrected chi connectivity index (χ3v) is 6.98. The van der Waals surface area contributed by atoms with Gasteiger partial charge in [-0.2, -0.15) is 0 Å². The first-order valence-electron chi connectivity index (χ1n) is 9.40. The zero-order valence-electron chi connectivity index (χ0n) is 14.2. The van der Waals surface area contributed by atoms with E-state index in [2.05, 4.69) is 5.32 Å². The van der Waals surface area contributed by atoms with Crippen LogP contribution in [0.5, 0.6) is 0 Å². The SMILES string of the molecule is CN(CC1(O)CCCC1)C(=O)NC1C2CCOC2C12CCCC2. The number of hydrogen-bond donors (Lipinski definition) is 2. The normalized spacial score (nSPS) is 36.7. The lowest BCUT2D eigenvalue weighted by Gasteiger charge is -2.57. The Morgan fingerprint density at radius 2 is 1.87 bits per heavy atom. The van der Waals surface area contributed by atoms with Crippen molar-refractivity contribution in [2.45, 2.75) is 75.5 Å². The van der Waals surface area contributed by atoms with Gasteiger partial charge in [-0.3, -0.25) is 0 Å². The van der Waals surface area contributed by atoms with E-state index in [-0.39, 0.29) is 17.5 Å². The molecule has 23 heavy (non-hydrogen) atoms. The van der Waals surface area contributed by atoms with Gasteiger partial charge in [0.15, 0.2) is 0 Å². The van der Waals surface area contributed by atoms with Crippen LogP contribution >= 0.6 is 0 Å². The van der Waals surface area contributed by atoms with Crippen molar-refractivity contribution in [2.24, 2.45) is 11.3 Å². The topological polar surface area (TPSA) is 61.8 Å². The molecule has 5 heteroatoms. The molecular formula is C18H30N2O3. The summed E-state index contributed by atoms with van der Waals surface area (Å²) in [6.45, 7) is 1.29. The summed E-state index contributed by atoms with van der Waals surface area (Å²) in [6, 6.07) is 0.248. The molecule has 3 unspecified atom stereocenters. The highest BCUT2D eigenvalue weighted by Crippen LogP contribution is 2.60. The molecule has 0 bridgehead atoms. The monoisotopic (exact) mass is 322 g/mol. The summed E-state index contributed by atoms with van der Waals surface area (Å²) in [5, 5.41) is 13.8. The minimum atomic E-state index is -0.671. The molecule has 130 valence electrons. The van der Waals surface area contributed by atoms with E-state index in [0.29, 0.717) is 18.6 Å². The number of rotatable bonds is 3. The molecule has 5 nitrogen and oxygen atoms in total. The Labute approximate surface area is 138 Å². The van der Waals surface area contributed by atoms with E-state index in [4.69, 9.17) is 4.74 Å². The van der Waals surface area contributed by atoms with Gasteiger partial charge in [-0.15, -0.1) is 0 Å². The molecule has 0 aromatic carbocycles. The highest BCUT2D eigenvalue weighted by Gasteiger charge is 2.65. The Morgan fingerprint density at radius 3 is 2.57 bits per heavy atom. The summed E-state index contributed by atoms with van der Waals surface area (Å²) >= 11 is 0. The van der Waals surface area contributed by atoms with Gasteiger partial charge in [-0.05, 0) is 32.1 Å². The van der Waals surface area contributed by atoms with Crippen LogP contribution < -0.4 is 5.32 Å². The standard InChI is InChI=1S/C18H30N2O3/c1-20(12-17(22)7-2-3-8-17)16(21)19-14-13-6-11-23-15(13)18(14)9-4-5-10-18/h13-15,22H,2-12H2,1H3,(H,19,21). The maximum absolute atomic E-state index is 12.7. The first-order chi connectivity index (χ1) is 11.0. The van der Waals surface area contributed by atoms with Crippen LogP contribution in [-0.2, 0) is 4.74 Å². The molecular weight excluding hydrogens is 292 g/mol. The predicted molar refractivity (Wildman–Crippen MR) is 87.1 cm³/mol. The smallest absolute Gasteiger partial charge is 0.317 e. The first kappa shape index (κ1) is 15.7. The number of aliphatic hydroxyl groups is 1. The molecule has 1 aliphatic heterocycles. The van der Waals surface area contributed by atoms with Gasteiger partial charge in [0, 0.05) is 31.0 Å². The Bertz CT molecular complexity index is 469. The van der Waals surface area contributed by atoms with E-state index in [1.807, 2.05) is 7.05 Å². The van der Waals surface area contributed by atoms with Crippen molar-refractivity contribution < 1.29 is 14.6 Å². The van der Waals surface area contributed by atoms with Crippen LogP contribution in [0, 0.1) is 11.3 Å². The summed E-state index contributed by atoms with van der Waals surface area (Å²) in [5.41, 5.74) is -0.475. The number of carbonyl (C=O) groups excluding carboxylic acids is 1. The summed E-state index contributed by atoms with van der Waals surface area (Å²) in [5.74, 6) is 0.500. The number of carbonyl (C=O) groups is 1. The fourth-order valence-electron chi connectivity index (χ4n) is 5.85. The lowest BCUT2D eigenvalue weighted by atomic mass is 9.54. The fourth-order valence-corrected chi connectivity index (χ4v) is 5.85. The van der Waals surface area contributed by atoms with Crippen molar-refractivity contribution in [3.8, 4) is 0 Å². The first-order valence-corrected chi connectivity index (χ1v) is 9.40. The molecule has 0 radical (unpaired) electrons. The number of likely N-dealkylation sites (N-methyl/N-ethyl adjacent to an activating group) is 1. The van der Waals surface area contributed by atoms with Gasteiger partial charge in [0.1, 0.15) is 0 Å². The molecule has 2 amide bonds. The van der Waals surface area contributed by atoms with Gasteiger partial charge in [0.05, 0.1) is 18.2 Å². The maximum atomic E-state index is 12.7. The number of ether oxygens (including phenoxy) is 1. The number of hydrogen-bond acceptors (Lipinski definition) is 3. The third kappa shape index (κ3) is 2.47. The van der Waals surface area contributed by atoms with Gasteiger partial charge in [-0.25, -0.2) is 4.79 Å². The summed E-state index contributed by atoms with van der Waals surface area (Å²) < 4.78 is 5.98. The fraction of sp³-hybridized carbons (Fsp3) is 0.944. The summed E-state index contributed by atoms with van der Waals surface area (Å²) in [6.07, 6.45) is 10.1. The van der Waals surface area contributed by atoms with Crippen LogP contribution in [0.2, 0.25) is 0 Å². The number of amides is 2. The van der Waals surface area contributed by atoms with Gasteiger partial charge >= 0.3 is 6.03 Å². The summed E-state index contributed by atoms with van der Waals surface area (Å²) in [7, 11) is 1.81. The van der Waals surface area contributed by atoms with Crippen LogP contribution in [0.15, 0.2) is 0 Å². The lowest BCUT2D eigenvalue weighted by Crippen LogP contribution is -2.69. The summed E-state index contributed by atoms with van der Waals surface area (Å²) in [4.78, 5) is 14.4. The lowest BCUT2D eigenvalue weighted by molar-refractivity contribution is -0.127. The number of nitrogens with one attached hydrogen (secondary N) is 1. The number of fused-ring (bicyclic) bond motifs is 2. The van der Waals surface area contributed by atoms with Crippen molar-refractivity contribution >= 4 is 6.03 Å². The molecule has 4 aliphatic rings. The molecule has 1 saturated heterocycles. The Balaban J connectivity index is 1.39. The second-order valence-corrected chi connectivity index (χ2v) is 8.40. The number of urea groups is 1. The highest BCUT2D eigenvalue weighted by atomic mass is 16.5. The zero-order valence-corrected chi connectivity index (χ0v) is 14.2. The Hall–Kier alpha value is -0.810. The van der Waals surface area contributed by atoms with E-state index in [9.17, 15) is 9.90 Å². The van der Waals surface area contributed by atoms with Crippen LogP contribution in [-0.4, -0.2) is 54.0 Å². The molecule has 0 aromatic rings. The molecule has 3 atom stereocenters. The van der Waals surface area contributed by atoms with Gasteiger partial charge in [0.25, 0.3) is 0 Å². The van der Waals surface area contributed by atoms with Crippen molar-refractivity contribution in [1.29, 1.82) is 0 Å². The van der Waals surface area contributed by atoms with Crippen LogP contribution in [0.3, 0.4) is 0 Å². The van der Waals surface area contributed by atoms with E-state index in [0.717, 1.165) is 38.7 Å². The molecule has 1 heterocycles. The van der Waals surface area contributed by atoms with Crippen molar-refractivity contribution in [3.63, 3.8) is 0 Å². The van der Waals surface area contributed by atoms with E-state index in [1.54, 1.807) is 4.90 Å². The second kappa shape index (κ2) is 5.62. The van der Waals surface area contributed by atoms with Crippen molar-refractivity contribution in [3.05, 3.63) is 0 Å². The minimum Gasteiger partial charge on any atom is -0.388 e. The molecule has 0 aromatic heterocycles. The second-order valence-electron chi connectivity index (χ2n) is 8.40. The highest BCUT2D eigenvalue weighted by molar-refractivity contribution is 5.74. The minimum absolute atomic E-state index is 0.0213. The Kier molecular flexibility index (Phi) is 3.84. The molecule has 3 aliphatic carbocycles. The predicted octanol–water partition coefficient (Wildman–Crippen LogP) is 2.28. The zero-order chi connectivity index (χ0) is 16.1. The third-order valence-electron chi connectivity index (χ3n) is 6.98. The van der Waals surface area contributed by atoms with Crippen LogP contribution in [0.25, 0.3) is 0 Å². The average molecular weight is 322 g/mol. The molecule has 2 N–H and O–H groups in total. The van der Waals surface area contributed by atoms with Crippen LogP contribution in [0.4, 0.5) is 4.79 Å². The van der Waals surface area contributed by atoms with E-state index >= 15 is 0 Å². The van der Waals surface area contributed by atoms with Gasteiger partial charge in [-0.1, -0.05) is 25.7 Å². The molecule has 1 spiro atoms. The van der Waals surface area contributed by atoms with Crippen LogP contribution in [0.1, 0.15) is 57.8 Å². The van der Waals surface area contributed by atoms with Gasteiger partial charge in [0.2, 0.25) is 0 Å². The molecule has 4 rings (SSSR count). The Morgan fingerprint density at radius 1 is 1.22 bits per heavy atom. The number of nitrogens with zero attached hydrogens (tertiary/aromatic N) is 1. The van der Waals surface area contributed by atoms with Crippen molar-refractivity contribution in [2.75, 3.05) is 20.2 Å². The quantitative estimate of drug-likeness (QED) is 0.838. The van der Waals surface area contributed by atoms with Gasteiger partial charge < -0.3 is 20.1 Å². The van der Waals surface area contributed by atoms with Crippen molar-refractivity contribution in [1.82, 2.24) is 10.2 Å². The van der Waals surface area contributed by atoms with E-state index in [1.165, 1.54) is 25.7 Å². The average Bonchev–Trinajstić information content (AvgIpc) is 3.23. The van der Waals surface area contributed by atoms with E-state index < -0.39 is 5.60 Å². The maximum Gasteiger partial charge on any atom is 0.317 e. The molecule has 3 saturated carbocycles. The largest absolute Gasteiger partial charge is 0.388 e. The molecule has 4 fully saturated rings.